The van der Waals surface area contributed by atoms with Crippen LogP contribution in [-0.4, -0.2) is 40.9 Å². The summed E-state index contributed by atoms with van der Waals surface area (Å²) in [6, 6.07) is 10.7. The summed E-state index contributed by atoms with van der Waals surface area (Å²) in [6.07, 6.45) is 2.28. The van der Waals surface area contributed by atoms with Crippen LogP contribution in [-0.2, 0) is 0 Å². The van der Waals surface area contributed by atoms with Crippen LogP contribution in [0.4, 0.5) is 5.69 Å². The second-order valence-corrected chi connectivity index (χ2v) is 8.14. The summed E-state index contributed by atoms with van der Waals surface area (Å²) in [5.74, 6) is 0.471. The molecule has 1 amide bonds. The van der Waals surface area contributed by atoms with Crippen LogP contribution >= 0.6 is 11.3 Å². The van der Waals surface area contributed by atoms with Crippen LogP contribution in [0.3, 0.4) is 0 Å². The van der Waals surface area contributed by atoms with Gasteiger partial charge in [-0.1, -0.05) is 12.1 Å². The molecule has 4 heterocycles. The van der Waals surface area contributed by atoms with Gasteiger partial charge in [0, 0.05) is 23.0 Å². The fourth-order valence-corrected chi connectivity index (χ4v) is 5.16. The van der Waals surface area contributed by atoms with Crippen molar-refractivity contribution in [2.75, 3.05) is 13.1 Å². The molecule has 1 N–H and O–H groups in total. The number of benzene rings is 1. The molecule has 0 radical (unpaired) electrons. The number of thiophene rings is 1. The summed E-state index contributed by atoms with van der Waals surface area (Å²) in [4.78, 5) is 27.4. The van der Waals surface area contributed by atoms with E-state index in [1.165, 1.54) is 17.4 Å². The summed E-state index contributed by atoms with van der Waals surface area (Å²) in [6.45, 7) is 4.43. The van der Waals surface area contributed by atoms with Gasteiger partial charge in [0.05, 0.1) is 15.4 Å². The maximum atomic E-state index is 12.7. The lowest BCUT2D eigenvalue weighted by molar-refractivity contribution is -0.384. The topological polar surface area (TPSA) is 75.5 Å². The van der Waals surface area contributed by atoms with Gasteiger partial charge in [-0.25, -0.2) is 0 Å². The van der Waals surface area contributed by atoms with Crippen LogP contribution in [0.25, 0.3) is 10.4 Å². The summed E-state index contributed by atoms with van der Waals surface area (Å²) in [5, 5.41) is 14.4. The minimum atomic E-state index is -0.385. The maximum absolute atomic E-state index is 12.7. The Hall–Kier alpha value is -2.25. The number of carbonyl (C=O) groups excluding carboxylic acids is 1. The summed E-state index contributed by atoms with van der Waals surface area (Å²) in [7, 11) is 0. The van der Waals surface area contributed by atoms with E-state index in [1.807, 2.05) is 0 Å². The molecule has 1 aromatic heterocycles. The van der Waals surface area contributed by atoms with Crippen LogP contribution in [0, 0.1) is 16.0 Å². The number of fused-ring (bicyclic) bond motifs is 3. The molecule has 5 rings (SSSR count). The van der Waals surface area contributed by atoms with Crippen LogP contribution < -0.4 is 5.32 Å². The number of nitro benzene ring substituents is 1. The third kappa shape index (κ3) is 3.01. The Labute approximate surface area is 156 Å². The van der Waals surface area contributed by atoms with E-state index >= 15 is 0 Å². The average molecular weight is 371 g/mol. The number of nitro groups is 1. The van der Waals surface area contributed by atoms with Crippen LogP contribution in [0.2, 0.25) is 0 Å². The normalized spacial score (nSPS) is 27.3. The molecule has 6 nitrogen and oxygen atoms in total. The van der Waals surface area contributed by atoms with E-state index in [9.17, 15) is 14.9 Å². The third-order valence-electron chi connectivity index (χ3n) is 5.67. The first-order valence-electron chi connectivity index (χ1n) is 8.93. The number of hydrogen-bond acceptors (Lipinski definition) is 5. The highest BCUT2D eigenvalue weighted by atomic mass is 32.1. The van der Waals surface area contributed by atoms with Crippen molar-refractivity contribution in [3.63, 3.8) is 0 Å². The molecule has 2 aromatic rings. The fraction of sp³-hybridized carbons (Fsp3) is 0.421. The molecule has 2 bridgehead atoms. The van der Waals surface area contributed by atoms with Crippen molar-refractivity contribution in [1.82, 2.24) is 10.2 Å². The van der Waals surface area contributed by atoms with Gasteiger partial charge in [0.25, 0.3) is 11.6 Å². The molecule has 7 heteroatoms. The summed E-state index contributed by atoms with van der Waals surface area (Å²) < 4.78 is 0. The van der Waals surface area contributed by atoms with Crippen molar-refractivity contribution in [2.45, 2.75) is 31.8 Å². The lowest BCUT2D eigenvalue weighted by atomic mass is 9.79. The van der Waals surface area contributed by atoms with Crippen LogP contribution in [0.15, 0.2) is 36.4 Å². The van der Waals surface area contributed by atoms with Gasteiger partial charge in [-0.2, -0.15) is 0 Å². The van der Waals surface area contributed by atoms with Gasteiger partial charge in [-0.3, -0.25) is 19.8 Å². The molecule has 3 aliphatic heterocycles. The highest BCUT2D eigenvalue weighted by Crippen LogP contribution is 2.36. The van der Waals surface area contributed by atoms with E-state index in [2.05, 4.69) is 17.1 Å². The van der Waals surface area contributed by atoms with Gasteiger partial charge in [0.15, 0.2) is 0 Å². The van der Waals surface area contributed by atoms with Gasteiger partial charge in [0.2, 0.25) is 0 Å². The monoisotopic (exact) mass is 371 g/mol. The predicted octanol–water partition coefficient (Wildman–Crippen LogP) is 3.54. The smallest absolute Gasteiger partial charge is 0.278 e. The molecule has 2 unspecified atom stereocenters. The minimum Gasteiger partial charge on any atom is -0.347 e. The Balaban J connectivity index is 1.53. The molecule has 3 saturated heterocycles. The summed E-state index contributed by atoms with van der Waals surface area (Å²) in [5.41, 5.74) is 0.616. The average Bonchev–Trinajstić information content (AvgIpc) is 3.15. The Morgan fingerprint density at radius 2 is 1.96 bits per heavy atom. The number of nitrogens with one attached hydrogen (secondary N) is 1. The van der Waals surface area contributed by atoms with Gasteiger partial charge in [-0.15, -0.1) is 11.3 Å². The molecule has 3 fully saturated rings. The quantitative estimate of drug-likeness (QED) is 0.659. The Bertz CT molecular complexity index is 840. The highest BCUT2D eigenvalue weighted by molar-refractivity contribution is 7.17. The van der Waals surface area contributed by atoms with Gasteiger partial charge < -0.3 is 5.32 Å². The zero-order valence-electron chi connectivity index (χ0n) is 14.6. The molecular weight excluding hydrogens is 350 g/mol. The number of rotatable bonds is 4. The fourth-order valence-electron chi connectivity index (χ4n) is 4.21. The summed E-state index contributed by atoms with van der Waals surface area (Å²) >= 11 is 1.31. The van der Waals surface area contributed by atoms with E-state index in [4.69, 9.17) is 0 Å². The molecule has 0 aliphatic carbocycles. The number of piperidine rings is 3. The van der Waals surface area contributed by atoms with Gasteiger partial charge >= 0.3 is 0 Å². The van der Waals surface area contributed by atoms with E-state index in [-0.39, 0.29) is 22.6 Å². The van der Waals surface area contributed by atoms with E-state index in [0.29, 0.717) is 22.4 Å². The predicted molar refractivity (Wildman–Crippen MR) is 101 cm³/mol. The lowest BCUT2D eigenvalue weighted by Crippen LogP contribution is -2.62. The van der Waals surface area contributed by atoms with Gasteiger partial charge in [0.1, 0.15) is 0 Å². The molecule has 136 valence electrons. The van der Waals surface area contributed by atoms with Crippen molar-refractivity contribution < 1.29 is 9.72 Å². The number of nitrogens with zero attached hydrogens (tertiary/aromatic N) is 2. The molecule has 3 aliphatic rings. The highest BCUT2D eigenvalue weighted by Gasteiger charge is 2.40. The first-order chi connectivity index (χ1) is 12.5. The first-order valence-corrected chi connectivity index (χ1v) is 9.75. The van der Waals surface area contributed by atoms with E-state index < -0.39 is 0 Å². The maximum Gasteiger partial charge on any atom is 0.278 e. The second kappa shape index (κ2) is 6.81. The van der Waals surface area contributed by atoms with Gasteiger partial charge in [-0.05, 0) is 57.0 Å². The molecule has 26 heavy (non-hydrogen) atoms. The number of carbonyl (C=O) groups is 1. The Morgan fingerprint density at radius 1 is 1.23 bits per heavy atom. The first kappa shape index (κ1) is 17.2. The number of amides is 1. The van der Waals surface area contributed by atoms with E-state index in [0.717, 1.165) is 30.8 Å². The zero-order chi connectivity index (χ0) is 18.3. The van der Waals surface area contributed by atoms with Crippen LogP contribution in [0.5, 0.6) is 0 Å². The van der Waals surface area contributed by atoms with E-state index in [1.54, 1.807) is 30.3 Å². The molecule has 2 atom stereocenters. The van der Waals surface area contributed by atoms with Crippen molar-refractivity contribution >= 4 is 22.9 Å². The SMILES string of the molecule is CC1C(NC(=O)c2ccc(-c3ccccc3[N+](=O)[O-])s2)C2CCN1CC2. The largest absolute Gasteiger partial charge is 0.347 e. The van der Waals surface area contributed by atoms with Crippen molar-refractivity contribution in [1.29, 1.82) is 0 Å². The molecular formula is C19H21N3O3S. The lowest BCUT2D eigenvalue weighted by Gasteiger charge is -2.49. The Kier molecular flexibility index (Phi) is 4.50. The molecule has 0 saturated carbocycles. The molecule has 0 spiro atoms. The second-order valence-electron chi connectivity index (χ2n) is 7.05. The van der Waals surface area contributed by atoms with Crippen molar-refractivity contribution in [2.24, 2.45) is 5.92 Å². The Morgan fingerprint density at radius 3 is 2.65 bits per heavy atom. The van der Waals surface area contributed by atoms with Crippen molar-refractivity contribution in [3.8, 4) is 10.4 Å². The third-order valence-corrected chi connectivity index (χ3v) is 6.79. The standard InChI is InChI=1S/C19H21N3O3S/c1-12-18(13-8-10-21(12)11-9-13)20-19(23)17-7-6-16(26-17)14-4-2-3-5-15(14)22(24)25/h2-7,12-13,18H,8-11H2,1H3,(H,20,23). The van der Waals surface area contributed by atoms with Crippen molar-refractivity contribution in [3.05, 3.63) is 51.4 Å². The molecule has 1 aromatic carbocycles. The number of hydrogen-bond donors (Lipinski definition) is 1. The van der Waals surface area contributed by atoms with Crippen LogP contribution in [0.1, 0.15) is 29.4 Å². The number of para-hydroxylation sites is 1. The zero-order valence-corrected chi connectivity index (χ0v) is 15.4. The minimum absolute atomic E-state index is 0.0623.